The molecule has 0 atom stereocenters. The van der Waals surface area contributed by atoms with E-state index in [0.717, 1.165) is 0 Å². The lowest BCUT2D eigenvalue weighted by Crippen LogP contribution is -2.28. The summed E-state index contributed by atoms with van der Waals surface area (Å²) in [4.78, 5) is 0. The van der Waals surface area contributed by atoms with Crippen molar-refractivity contribution in [3.63, 3.8) is 0 Å². The topological polar surface area (TPSA) is 0 Å². The zero-order chi connectivity index (χ0) is 58.1. The number of hydrogen-bond acceptors (Lipinski definition) is 0. The molecule has 0 radical (unpaired) electrons. The fourth-order valence-corrected chi connectivity index (χ4v) is 12.7. The summed E-state index contributed by atoms with van der Waals surface area (Å²) >= 11 is 0. The van der Waals surface area contributed by atoms with Crippen LogP contribution in [0.5, 0.6) is 0 Å². The minimum atomic E-state index is -0.694. The van der Waals surface area contributed by atoms with Crippen LogP contribution in [0.1, 0.15) is 128 Å². The van der Waals surface area contributed by atoms with Gasteiger partial charge in [0, 0.05) is 0 Å². The molecule has 0 spiro atoms. The Morgan fingerprint density at radius 1 is 0.205 bits per heavy atom. The third kappa shape index (κ3) is 10.5. The minimum absolute atomic E-state index is 0.0560. The third-order valence-electron chi connectivity index (χ3n) is 17.6. The van der Waals surface area contributed by atoms with Crippen LogP contribution in [0.4, 0.5) is 0 Å². The standard InChI is InChI=1S/C83H78/c1-79(2,3)68-39-31-55(32-40-68)62-47-63(56-33-41-69(42-34-56)80(4,5)6)50-66(49-62)60-23-18-25-72(53-60)83(76-29-17-16-27-75(76)78-74(28-20-30-77(78)83)59-21-14-13-15-22-59)73-26-19-24-61(54-73)67-51-64(57-35-43-70(44-36-57)81(7,8)9)48-65(52-67)58-37-45-71(46-38-58)82(10,11)12/h13-54H,1-12H3. The smallest absolute Gasteiger partial charge is 0.0622 e. The van der Waals surface area contributed by atoms with Crippen LogP contribution >= 0.6 is 0 Å². The highest BCUT2D eigenvalue weighted by Gasteiger charge is 2.47. The van der Waals surface area contributed by atoms with Gasteiger partial charge < -0.3 is 0 Å². The Morgan fingerprint density at radius 3 is 0.855 bits per heavy atom. The second-order valence-corrected chi connectivity index (χ2v) is 27.5. The van der Waals surface area contributed by atoms with Gasteiger partial charge in [-0.2, -0.15) is 0 Å². The maximum Gasteiger partial charge on any atom is 0.0714 e. The predicted molar refractivity (Wildman–Crippen MR) is 357 cm³/mol. The normalized spacial score (nSPS) is 13.2. The van der Waals surface area contributed by atoms with Gasteiger partial charge in [0.1, 0.15) is 0 Å². The van der Waals surface area contributed by atoms with Crippen molar-refractivity contribution in [2.24, 2.45) is 0 Å². The molecule has 0 aromatic heterocycles. The summed E-state index contributed by atoms with van der Waals surface area (Å²) in [7, 11) is 0. The minimum Gasteiger partial charge on any atom is -0.0622 e. The first kappa shape index (κ1) is 55.0. The van der Waals surface area contributed by atoms with E-state index in [1.807, 2.05) is 0 Å². The molecule has 11 aromatic carbocycles. The van der Waals surface area contributed by atoms with E-state index in [1.165, 1.54) is 134 Å². The van der Waals surface area contributed by atoms with Crippen LogP contribution in [-0.4, -0.2) is 0 Å². The molecule has 0 saturated carbocycles. The Bertz CT molecular complexity index is 3800. The summed E-state index contributed by atoms with van der Waals surface area (Å²) in [6.45, 7) is 27.5. The van der Waals surface area contributed by atoms with E-state index in [1.54, 1.807) is 0 Å². The zero-order valence-corrected chi connectivity index (χ0v) is 50.7. The van der Waals surface area contributed by atoms with Crippen molar-refractivity contribution >= 4 is 0 Å². The van der Waals surface area contributed by atoms with E-state index < -0.39 is 5.41 Å². The zero-order valence-electron chi connectivity index (χ0n) is 50.7. The van der Waals surface area contributed by atoms with Gasteiger partial charge in [0.05, 0.1) is 5.41 Å². The van der Waals surface area contributed by atoms with Crippen molar-refractivity contribution < 1.29 is 0 Å². The van der Waals surface area contributed by atoms with E-state index in [4.69, 9.17) is 0 Å². The van der Waals surface area contributed by atoms with Gasteiger partial charge in [0.2, 0.25) is 0 Å². The second-order valence-electron chi connectivity index (χ2n) is 27.5. The summed E-state index contributed by atoms with van der Waals surface area (Å²) in [5.74, 6) is 0. The SMILES string of the molecule is CC(C)(C)c1ccc(-c2cc(-c3ccc(C(C)(C)C)cc3)cc(-c3cccc(C4(c5cccc(-c6cc(-c7ccc(C(C)(C)C)cc7)cc(-c7ccc(C(C)(C)C)cc7)c6)c5)c5ccccc5-c5c(-c6ccccc6)cccc54)c3)c2)cc1. The van der Waals surface area contributed by atoms with Crippen LogP contribution in [0.25, 0.3) is 89.0 Å². The molecule has 0 unspecified atom stereocenters. The van der Waals surface area contributed by atoms with Crippen LogP contribution in [0.15, 0.2) is 255 Å². The van der Waals surface area contributed by atoms with Gasteiger partial charge in [-0.15, -0.1) is 0 Å². The molecule has 0 N–H and O–H groups in total. The molecule has 0 amide bonds. The van der Waals surface area contributed by atoms with Gasteiger partial charge in [-0.05, 0) is 204 Å². The van der Waals surface area contributed by atoms with Gasteiger partial charge >= 0.3 is 0 Å². The molecule has 1 aliphatic rings. The average Bonchev–Trinajstić information content (AvgIpc) is 2.47. The third-order valence-corrected chi connectivity index (χ3v) is 17.6. The molecular formula is C83H78. The molecule has 0 bridgehead atoms. The fraction of sp³-hybridized carbons (Fsp3) is 0.205. The number of rotatable bonds is 9. The quantitative estimate of drug-likeness (QED) is 0.135. The van der Waals surface area contributed by atoms with Crippen LogP contribution in [0.2, 0.25) is 0 Å². The molecule has 0 fully saturated rings. The van der Waals surface area contributed by atoms with Crippen molar-refractivity contribution in [1.82, 2.24) is 0 Å². The Kier molecular flexibility index (Phi) is 13.9. The molecule has 0 saturated heterocycles. The molecule has 410 valence electrons. The molecule has 11 aromatic rings. The number of fused-ring (bicyclic) bond motifs is 3. The monoisotopic (exact) mass is 1070 g/mol. The van der Waals surface area contributed by atoms with Crippen molar-refractivity contribution in [1.29, 1.82) is 0 Å². The first-order valence-corrected chi connectivity index (χ1v) is 29.9. The highest BCUT2D eigenvalue weighted by Crippen LogP contribution is 2.59. The Hall–Kier alpha value is -8.58. The van der Waals surface area contributed by atoms with Crippen molar-refractivity contribution in [3.8, 4) is 89.0 Å². The maximum absolute atomic E-state index is 2.50. The van der Waals surface area contributed by atoms with Crippen LogP contribution in [-0.2, 0) is 27.1 Å². The van der Waals surface area contributed by atoms with Gasteiger partial charge in [0.15, 0.2) is 0 Å². The molecule has 0 heterocycles. The van der Waals surface area contributed by atoms with E-state index >= 15 is 0 Å². The molecule has 0 heteroatoms. The Balaban J connectivity index is 1.08. The lowest BCUT2D eigenvalue weighted by atomic mass is 9.67. The summed E-state index contributed by atoms with van der Waals surface area (Å²) in [5, 5.41) is 0. The lowest BCUT2D eigenvalue weighted by molar-refractivity contribution is 0.590. The molecule has 83 heavy (non-hydrogen) atoms. The second kappa shape index (κ2) is 21.0. The predicted octanol–water partition coefficient (Wildman–Crippen LogP) is 22.9. The van der Waals surface area contributed by atoms with E-state index in [2.05, 4.69) is 338 Å². The Labute approximate surface area is 495 Å². The molecular weight excluding hydrogens is 997 g/mol. The number of benzene rings is 11. The highest BCUT2D eigenvalue weighted by atomic mass is 14.5. The first-order chi connectivity index (χ1) is 39.6. The summed E-state index contributed by atoms with van der Waals surface area (Å²) < 4.78 is 0. The van der Waals surface area contributed by atoms with Gasteiger partial charge in [-0.25, -0.2) is 0 Å². The van der Waals surface area contributed by atoms with Crippen LogP contribution < -0.4 is 0 Å². The lowest BCUT2D eigenvalue weighted by Gasteiger charge is -2.34. The van der Waals surface area contributed by atoms with E-state index in [-0.39, 0.29) is 21.7 Å². The summed E-state index contributed by atoms with van der Waals surface area (Å²) in [5.41, 5.74) is 29.2. The fourth-order valence-electron chi connectivity index (χ4n) is 12.7. The molecule has 0 aliphatic heterocycles. The van der Waals surface area contributed by atoms with Crippen molar-refractivity contribution in [2.75, 3.05) is 0 Å². The van der Waals surface area contributed by atoms with Crippen molar-refractivity contribution in [3.05, 3.63) is 299 Å². The maximum atomic E-state index is 2.50. The highest BCUT2D eigenvalue weighted by molar-refractivity contribution is 5.96. The van der Waals surface area contributed by atoms with Crippen LogP contribution in [0.3, 0.4) is 0 Å². The van der Waals surface area contributed by atoms with E-state index in [9.17, 15) is 0 Å². The summed E-state index contributed by atoms with van der Waals surface area (Å²) in [6, 6.07) is 97.6. The van der Waals surface area contributed by atoms with Crippen LogP contribution in [0, 0.1) is 0 Å². The van der Waals surface area contributed by atoms with Gasteiger partial charge in [-0.3, -0.25) is 0 Å². The first-order valence-electron chi connectivity index (χ1n) is 29.9. The average molecular weight is 1080 g/mol. The van der Waals surface area contributed by atoms with E-state index in [0.29, 0.717) is 0 Å². The van der Waals surface area contributed by atoms with Crippen molar-refractivity contribution in [2.45, 2.75) is 110 Å². The summed E-state index contributed by atoms with van der Waals surface area (Å²) in [6.07, 6.45) is 0. The Morgan fingerprint density at radius 2 is 0.494 bits per heavy atom. The van der Waals surface area contributed by atoms with Gasteiger partial charge in [-0.1, -0.05) is 289 Å². The van der Waals surface area contributed by atoms with Gasteiger partial charge in [0.25, 0.3) is 0 Å². The number of hydrogen-bond donors (Lipinski definition) is 0. The molecule has 0 nitrogen and oxygen atoms in total. The largest absolute Gasteiger partial charge is 0.0714 e. The molecule has 12 rings (SSSR count). The molecule has 1 aliphatic carbocycles.